The molecule has 1 fully saturated rings. The molecule has 9 nitrogen and oxygen atoms in total. The van der Waals surface area contributed by atoms with Gasteiger partial charge in [0.15, 0.2) is 5.65 Å². The molecular weight excluding hydrogens is 437 g/mol. The quantitative estimate of drug-likeness (QED) is 0.357. The molecule has 0 unspecified atom stereocenters. The highest BCUT2D eigenvalue weighted by molar-refractivity contribution is 5.98. The molecule has 0 spiro atoms. The number of halogens is 1. The van der Waals surface area contributed by atoms with E-state index in [1.54, 1.807) is 33.8 Å². The number of benzene rings is 1. The van der Waals surface area contributed by atoms with E-state index in [9.17, 15) is 4.79 Å². The van der Waals surface area contributed by atoms with Crippen molar-refractivity contribution < 1.29 is 13.9 Å². The van der Waals surface area contributed by atoms with Gasteiger partial charge in [-0.3, -0.25) is 4.79 Å². The van der Waals surface area contributed by atoms with Gasteiger partial charge in [-0.25, -0.2) is 14.6 Å². The van der Waals surface area contributed by atoms with Crippen LogP contribution in [0.25, 0.3) is 22.3 Å². The van der Waals surface area contributed by atoms with E-state index < -0.39 is 5.95 Å². The van der Waals surface area contributed by atoms with Crippen LogP contribution >= 0.6 is 0 Å². The van der Waals surface area contributed by atoms with Gasteiger partial charge in [0, 0.05) is 19.2 Å². The summed E-state index contributed by atoms with van der Waals surface area (Å²) in [5.41, 5.74) is 7.08. The number of nitrogen functional groups attached to an aromatic ring is 1. The van der Waals surface area contributed by atoms with Crippen molar-refractivity contribution in [3.63, 3.8) is 0 Å². The number of hydrogen-bond donors (Lipinski definition) is 1. The zero-order chi connectivity index (χ0) is 23.7. The van der Waals surface area contributed by atoms with E-state index in [-0.39, 0.29) is 34.9 Å². The standard InChI is InChI=1S/C24H22FN7O2/c1-2-19(33)31-12-6-7-15(13-31)32-24-20(23(26)27-14-28-24)21(30-32)17-10-11-18(29-22(17)25)34-16-8-4-3-5-9-16/h2-5,8-11,14-15H,1,6-7,12-13H2,(H2,26,27,28)/t15-/m1/s1. The monoisotopic (exact) mass is 459 g/mol. The molecule has 1 saturated heterocycles. The van der Waals surface area contributed by atoms with Gasteiger partial charge in [-0.15, -0.1) is 0 Å². The lowest BCUT2D eigenvalue weighted by Gasteiger charge is -2.32. The maximum Gasteiger partial charge on any atom is 0.246 e. The van der Waals surface area contributed by atoms with E-state index in [0.717, 1.165) is 12.8 Å². The number of rotatable bonds is 5. The zero-order valence-electron chi connectivity index (χ0n) is 18.3. The van der Waals surface area contributed by atoms with Gasteiger partial charge >= 0.3 is 0 Å². The van der Waals surface area contributed by atoms with Gasteiger partial charge < -0.3 is 15.4 Å². The number of piperidine rings is 1. The van der Waals surface area contributed by atoms with Crippen LogP contribution in [0.15, 0.2) is 61.4 Å². The second kappa shape index (κ2) is 8.89. The van der Waals surface area contributed by atoms with Crippen molar-refractivity contribution >= 4 is 22.8 Å². The third-order valence-electron chi connectivity index (χ3n) is 5.79. The second-order valence-electron chi connectivity index (χ2n) is 7.94. The summed E-state index contributed by atoms with van der Waals surface area (Å²) in [6.45, 7) is 4.66. The van der Waals surface area contributed by atoms with Crippen LogP contribution in [0.2, 0.25) is 0 Å². The molecule has 4 heterocycles. The lowest BCUT2D eigenvalue weighted by atomic mass is 10.1. The third kappa shape index (κ3) is 3.94. The number of fused-ring (bicyclic) bond motifs is 1. The van der Waals surface area contributed by atoms with E-state index >= 15 is 4.39 Å². The number of carbonyl (C=O) groups is 1. The van der Waals surface area contributed by atoms with Crippen LogP contribution in [0.3, 0.4) is 0 Å². The third-order valence-corrected chi connectivity index (χ3v) is 5.79. The number of likely N-dealkylation sites (tertiary alicyclic amines) is 1. The first kappa shape index (κ1) is 21.5. The van der Waals surface area contributed by atoms with Crippen molar-refractivity contribution in [1.29, 1.82) is 0 Å². The molecule has 1 aliphatic rings. The molecule has 2 N–H and O–H groups in total. The largest absolute Gasteiger partial charge is 0.439 e. The summed E-state index contributed by atoms with van der Waals surface area (Å²) < 4.78 is 22.5. The molecule has 1 amide bonds. The molecule has 4 aromatic rings. The summed E-state index contributed by atoms with van der Waals surface area (Å²) in [5.74, 6) is -0.0445. The van der Waals surface area contributed by atoms with Gasteiger partial charge in [0.25, 0.3) is 0 Å². The van der Waals surface area contributed by atoms with Crippen molar-refractivity contribution in [3.8, 4) is 22.9 Å². The lowest BCUT2D eigenvalue weighted by Crippen LogP contribution is -2.40. The Labute approximate surface area is 194 Å². The Kier molecular flexibility index (Phi) is 5.62. The highest BCUT2D eigenvalue weighted by Gasteiger charge is 2.28. The average molecular weight is 459 g/mol. The van der Waals surface area contributed by atoms with Crippen LogP contribution in [0.4, 0.5) is 10.2 Å². The van der Waals surface area contributed by atoms with E-state index in [4.69, 9.17) is 10.5 Å². The Morgan fingerprint density at radius 2 is 2.03 bits per heavy atom. The van der Waals surface area contributed by atoms with Crippen LogP contribution in [-0.4, -0.2) is 48.6 Å². The minimum atomic E-state index is -0.754. The molecular formula is C24H22FN7O2. The number of aromatic nitrogens is 5. The number of hydrogen-bond acceptors (Lipinski definition) is 7. The van der Waals surface area contributed by atoms with Crippen LogP contribution in [0.1, 0.15) is 18.9 Å². The van der Waals surface area contributed by atoms with Crippen LogP contribution in [0, 0.1) is 5.95 Å². The Bertz CT molecular complexity index is 1370. The smallest absolute Gasteiger partial charge is 0.246 e. The van der Waals surface area contributed by atoms with E-state index in [1.807, 2.05) is 18.2 Å². The molecule has 0 radical (unpaired) electrons. The fraction of sp³-hybridized carbons (Fsp3) is 0.208. The van der Waals surface area contributed by atoms with Crippen molar-refractivity contribution in [1.82, 2.24) is 29.6 Å². The molecule has 34 heavy (non-hydrogen) atoms. The molecule has 1 atom stereocenters. The van der Waals surface area contributed by atoms with Gasteiger partial charge in [0.2, 0.25) is 17.7 Å². The molecule has 0 aliphatic carbocycles. The number of amides is 1. The molecule has 3 aromatic heterocycles. The number of carbonyl (C=O) groups excluding carboxylic acids is 1. The lowest BCUT2D eigenvalue weighted by molar-refractivity contribution is -0.127. The minimum absolute atomic E-state index is 0.117. The average Bonchev–Trinajstić information content (AvgIpc) is 3.25. The maximum atomic E-state index is 15.2. The topological polar surface area (TPSA) is 112 Å². The minimum Gasteiger partial charge on any atom is -0.439 e. The van der Waals surface area contributed by atoms with Crippen LogP contribution in [0.5, 0.6) is 11.6 Å². The van der Waals surface area contributed by atoms with Gasteiger partial charge in [-0.05, 0) is 37.1 Å². The number of para-hydroxylation sites is 1. The van der Waals surface area contributed by atoms with Crippen LogP contribution < -0.4 is 10.5 Å². The maximum absolute atomic E-state index is 15.2. The number of nitrogens with zero attached hydrogens (tertiary/aromatic N) is 6. The number of pyridine rings is 1. The first-order valence-electron chi connectivity index (χ1n) is 10.8. The Morgan fingerprint density at radius 1 is 1.21 bits per heavy atom. The molecule has 172 valence electrons. The Hall–Kier alpha value is -4.34. The highest BCUT2D eigenvalue weighted by atomic mass is 19.1. The summed E-state index contributed by atoms with van der Waals surface area (Å²) in [7, 11) is 0. The van der Waals surface area contributed by atoms with E-state index in [1.165, 1.54) is 12.4 Å². The fourth-order valence-corrected chi connectivity index (χ4v) is 4.18. The SMILES string of the molecule is C=CC(=O)N1CCC[C@@H](n2nc(-c3ccc(Oc4ccccc4)nc3F)c3c(N)ncnc32)C1. The second-order valence-corrected chi connectivity index (χ2v) is 7.94. The first-order chi connectivity index (χ1) is 16.5. The molecule has 10 heteroatoms. The number of nitrogens with two attached hydrogens (primary N) is 1. The van der Waals surface area contributed by atoms with Gasteiger partial charge in [0.05, 0.1) is 17.0 Å². The van der Waals surface area contributed by atoms with Gasteiger partial charge in [0.1, 0.15) is 23.6 Å². The van der Waals surface area contributed by atoms with Gasteiger partial charge in [-0.1, -0.05) is 24.8 Å². The molecule has 1 aromatic carbocycles. The van der Waals surface area contributed by atoms with Crippen molar-refractivity contribution in [2.24, 2.45) is 0 Å². The number of ether oxygens (including phenoxy) is 1. The van der Waals surface area contributed by atoms with Crippen molar-refractivity contribution in [2.45, 2.75) is 18.9 Å². The van der Waals surface area contributed by atoms with Crippen molar-refractivity contribution in [3.05, 3.63) is 67.4 Å². The summed E-state index contributed by atoms with van der Waals surface area (Å²) in [5, 5.41) is 5.12. The summed E-state index contributed by atoms with van der Waals surface area (Å²) >= 11 is 0. The predicted octanol–water partition coefficient (Wildman–Crippen LogP) is 3.75. The zero-order valence-corrected chi connectivity index (χ0v) is 18.3. The number of anilines is 1. The Balaban J connectivity index is 1.54. The predicted molar refractivity (Wildman–Crippen MR) is 124 cm³/mol. The first-order valence-corrected chi connectivity index (χ1v) is 10.8. The van der Waals surface area contributed by atoms with Crippen molar-refractivity contribution in [2.75, 3.05) is 18.8 Å². The van der Waals surface area contributed by atoms with E-state index in [2.05, 4.69) is 26.6 Å². The van der Waals surface area contributed by atoms with Gasteiger partial charge in [-0.2, -0.15) is 14.5 Å². The fourth-order valence-electron chi connectivity index (χ4n) is 4.18. The molecule has 5 rings (SSSR count). The molecule has 1 aliphatic heterocycles. The summed E-state index contributed by atoms with van der Waals surface area (Å²) in [4.78, 5) is 26.3. The summed E-state index contributed by atoms with van der Waals surface area (Å²) in [6.07, 6.45) is 4.23. The highest BCUT2D eigenvalue weighted by Crippen LogP contribution is 2.35. The summed E-state index contributed by atoms with van der Waals surface area (Å²) in [6, 6.07) is 12.0. The Morgan fingerprint density at radius 3 is 2.79 bits per heavy atom. The molecule has 0 saturated carbocycles. The van der Waals surface area contributed by atoms with E-state index in [0.29, 0.717) is 29.9 Å². The normalized spacial score (nSPS) is 15.9. The van der Waals surface area contributed by atoms with Crippen LogP contribution in [-0.2, 0) is 4.79 Å². The molecule has 0 bridgehead atoms.